The van der Waals surface area contributed by atoms with Crippen molar-refractivity contribution in [1.82, 2.24) is 9.55 Å². The predicted octanol–water partition coefficient (Wildman–Crippen LogP) is 4.05. The number of amides is 1. The molecule has 2 aromatic carbocycles. The maximum absolute atomic E-state index is 13.6. The van der Waals surface area contributed by atoms with E-state index in [1.807, 2.05) is 42.0 Å². The summed E-state index contributed by atoms with van der Waals surface area (Å²) in [4.78, 5) is 16.3. The second kappa shape index (κ2) is 7.31. The maximum Gasteiger partial charge on any atom is 0.234 e. The number of aryl methyl sites for hydroxylation is 1. The molecule has 0 aliphatic rings. The lowest BCUT2D eigenvalue weighted by molar-refractivity contribution is -0.113. The molecule has 1 heterocycles. The first-order chi connectivity index (χ1) is 11.6. The summed E-state index contributed by atoms with van der Waals surface area (Å²) >= 11 is 1.31. The van der Waals surface area contributed by atoms with Gasteiger partial charge in [0.2, 0.25) is 5.91 Å². The van der Waals surface area contributed by atoms with Crippen LogP contribution in [0.4, 0.5) is 10.1 Å². The summed E-state index contributed by atoms with van der Waals surface area (Å²) in [6, 6.07) is 14.1. The number of aromatic nitrogens is 2. The summed E-state index contributed by atoms with van der Waals surface area (Å²) < 4.78 is 15.5. The number of benzene rings is 2. The van der Waals surface area contributed by atoms with Crippen LogP contribution < -0.4 is 5.32 Å². The van der Waals surface area contributed by atoms with Gasteiger partial charge in [-0.3, -0.25) is 9.36 Å². The maximum atomic E-state index is 13.6. The van der Waals surface area contributed by atoms with Crippen molar-refractivity contribution in [3.63, 3.8) is 0 Å². The summed E-state index contributed by atoms with van der Waals surface area (Å²) in [5.41, 5.74) is 2.32. The van der Waals surface area contributed by atoms with Crippen molar-refractivity contribution < 1.29 is 9.18 Å². The Labute approximate surface area is 143 Å². The highest BCUT2D eigenvalue weighted by molar-refractivity contribution is 7.99. The summed E-state index contributed by atoms with van der Waals surface area (Å²) in [5, 5.41) is 3.29. The molecule has 0 saturated heterocycles. The number of anilines is 1. The van der Waals surface area contributed by atoms with Gasteiger partial charge in [0, 0.05) is 12.4 Å². The van der Waals surface area contributed by atoms with E-state index in [2.05, 4.69) is 10.3 Å². The molecule has 0 fully saturated rings. The fraction of sp³-hybridized carbons (Fsp3) is 0.111. The molecule has 0 unspecified atom stereocenters. The standard InChI is InChI=1S/C18H16FN3OS/c1-13-6-2-5-9-16(13)22-11-10-20-18(22)24-12-17(23)21-15-8-4-3-7-14(15)19/h2-11H,12H2,1H3,(H,21,23). The number of carbonyl (C=O) groups is 1. The lowest BCUT2D eigenvalue weighted by Crippen LogP contribution is -2.15. The molecule has 0 bridgehead atoms. The third-order valence-corrected chi connectivity index (χ3v) is 4.43. The van der Waals surface area contributed by atoms with Crippen molar-refractivity contribution in [2.24, 2.45) is 0 Å². The van der Waals surface area contributed by atoms with Gasteiger partial charge in [-0.05, 0) is 30.7 Å². The average Bonchev–Trinajstić information content (AvgIpc) is 3.04. The van der Waals surface area contributed by atoms with Crippen LogP contribution in [0.15, 0.2) is 66.1 Å². The van der Waals surface area contributed by atoms with Crippen LogP contribution in [0.25, 0.3) is 5.69 Å². The third kappa shape index (κ3) is 3.65. The third-order valence-electron chi connectivity index (χ3n) is 3.46. The van der Waals surface area contributed by atoms with Crippen LogP contribution >= 0.6 is 11.8 Å². The van der Waals surface area contributed by atoms with Gasteiger partial charge in [-0.25, -0.2) is 9.37 Å². The molecular formula is C18H16FN3OS. The second-order valence-electron chi connectivity index (χ2n) is 5.18. The van der Waals surface area contributed by atoms with E-state index in [1.165, 1.54) is 23.9 Å². The van der Waals surface area contributed by atoms with Crippen molar-refractivity contribution >= 4 is 23.4 Å². The smallest absolute Gasteiger partial charge is 0.234 e. The zero-order valence-electron chi connectivity index (χ0n) is 13.1. The molecular weight excluding hydrogens is 325 g/mol. The quantitative estimate of drug-likeness (QED) is 0.712. The number of hydrogen-bond donors (Lipinski definition) is 1. The Balaban J connectivity index is 1.68. The van der Waals surface area contributed by atoms with E-state index < -0.39 is 5.82 Å². The normalized spacial score (nSPS) is 10.6. The number of carbonyl (C=O) groups excluding carboxylic acids is 1. The number of nitrogens with zero attached hydrogens (tertiary/aromatic N) is 2. The summed E-state index contributed by atoms with van der Waals surface area (Å²) in [6.07, 6.45) is 3.56. The van der Waals surface area contributed by atoms with Crippen molar-refractivity contribution in [3.05, 3.63) is 72.3 Å². The Morgan fingerprint density at radius 1 is 1.21 bits per heavy atom. The fourth-order valence-electron chi connectivity index (χ4n) is 2.29. The largest absolute Gasteiger partial charge is 0.323 e. The van der Waals surface area contributed by atoms with Crippen molar-refractivity contribution in [1.29, 1.82) is 0 Å². The minimum absolute atomic E-state index is 0.150. The molecule has 122 valence electrons. The molecule has 1 aromatic heterocycles. The molecule has 0 radical (unpaired) electrons. The van der Waals surface area contributed by atoms with Gasteiger partial charge < -0.3 is 5.32 Å². The van der Waals surface area contributed by atoms with Gasteiger partial charge >= 0.3 is 0 Å². The van der Waals surface area contributed by atoms with E-state index in [0.29, 0.717) is 5.16 Å². The van der Waals surface area contributed by atoms with Crippen LogP contribution in [0.5, 0.6) is 0 Å². The topological polar surface area (TPSA) is 46.9 Å². The highest BCUT2D eigenvalue weighted by atomic mass is 32.2. The van der Waals surface area contributed by atoms with Crippen LogP contribution in [0.1, 0.15) is 5.56 Å². The number of thioether (sulfide) groups is 1. The van der Waals surface area contributed by atoms with Crippen LogP contribution in [0.3, 0.4) is 0 Å². The van der Waals surface area contributed by atoms with Crippen LogP contribution in [0, 0.1) is 12.7 Å². The first-order valence-electron chi connectivity index (χ1n) is 7.41. The Morgan fingerprint density at radius 3 is 2.75 bits per heavy atom. The van der Waals surface area contributed by atoms with E-state index >= 15 is 0 Å². The molecule has 0 atom stereocenters. The Bertz CT molecular complexity index is 863. The molecule has 1 amide bonds. The Morgan fingerprint density at radius 2 is 1.96 bits per heavy atom. The van der Waals surface area contributed by atoms with E-state index in [9.17, 15) is 9.18 Å². The first-order valence-corrected chi connectivity index (χ1v) is 8.40. The minimum Gasteiger partial charge on any atom is -0.323 e. The highest BCUT2D eigenvalue weighted by Crippen LogP contribution is 2.23. The summed E-state index contributed by atoms with van der Waals surface area (Å²) in [5.74, 6) is -0.571. The fourth-order valence-corrected chi connectivity index (χ4v) is 3.06. The molecule has 6 heteroatoms. The van der Waals surface area contributed by atoms with Crippen LogP contribution in [-0.2, 0) is 4.79 Å². The molecule has 24 heavy (non-hydrogen) atoms. The molecule has 0 aliphatic carbocycles. The highest BCUT2D eigenvalue weighted by Gasteiger charge is 2.11. The number of halogens is 1. The zero-order valence-corrected chi connectivity index (χ0v) is 13.9. The molecule has 0 spiro atoms. The summed E-state index contributed by atoms with van der Waals surface area (Å²) in [7, 11) is 0. The molecule has 3 rings (SSSR count). The lowest BCUT2D eigenvalue weighted by Gasteiger charge is -2.10. The van der Waals surface area contributed by atoms with Gasteiger partial charge in [0.1, 0.15) is 5.82 Å². The van der Waals surface area contributed by atoms with Crippen LogP contribution in [0.2, 0.25) is 0 Å². The van der Waals surface area contributed by atoms with Gasteiger partial charge in [-0.2, -0.15) is 0 Å². The zero-order chi connectivity index (χ0) is 16.9. The number of hydrogen-bond acceptors (Lipinski definition) is 3. The second-order valence-corrected chi connectivity index (χ2v) is 6.13. The van der Waals surface area contributed by atoms with E-state index in [0.717, 1.165) is 11.3 Å². The number of para-hydroxylation sites is 2. The van der Waals surface area contributed by atoms with Crippen molar-refractivity contribution in [2.75, 3.05) is 11.1 Å². The molecule has 1 N–H and O–H groups in total. The van der Waals surface area contributed by atoms with Gasteiger partial charge in [0.05, 0.1) is 17.1 Å². The molecule has 3 aromatic rings. The summed E-state index contributed by atoms with van der Waals surface area (Å²) in [6.45, 7) is 2.02. The predicted molar refractivity (Wildman–Crippen MR) is 94.1 cm³/mol. The van der Waals surface area contributed by atoms with Crippen molar-refractivity contribution in [3.8, 4) is 5.69 Å². The Hall–Kier alpha value is -2.60. The SMILES string of the molecule is Cc1ccccc1-n1ccnc1SCC(=O)Nc1ccccc1F. The van der Waals surface area contributed by atoms with Gasteiger partial charge in [0.15, 0.2) is 5.16 Å². The minimum atomic E-state index is -0.447. The lowest BCUT2D eigenvalue weighted by atomic mass is 10.2. The monoisotopic (exact) mass is 341 g/mol. The van der Waals surface area contributed by atoms with E-state index in [-0.39, 0.29) is 17.3 Å². The number of imidazole rings is 1. The van der Waals surface area contributed by atoms with E-state index in [1.54, 1.807) is 18.3 Å². The average molecular weight is 341 g/mol. The van der Waals surface area contributed by atoms with Gasteiger partial charge in [-0.15, -0.1) is 0 Å². The van der Waals surface area contributed by atoms with Crippen LogP contribution in [-0.4, -0.2) is 21.2 Å². The van der Waals surface area contributed by atoms with Gasteiger partial charge in [-0.1, -0.05) is 42.1 Å². The first kappa shape index (κ1) is 16.3. The number of nitrogens with one attached hydrogen (secondary N) is 1. The number of rotatable bonds is 5. The molecule has 0 saturated carbocycles. The molecule has 0 aliphatic heterocycles. The van der Waals surface area contributed by atoms with E-state index in [4.69, 9.17) is 0 Å². The Kier molecular flexibility index (Phi) is 4.96. The molecule has 4 nitrogen and oxygen atoms in total. The van der Waals surface area contributed by atoms with Crippen molar-refractivity contribution in [2.45, 2.75) is 12.1 Å². The van der Waals surface area contributed by atoms with Gasteiger partial charge in [0.25, 0.3) is 0 Å².